The van der Waals surface area contributed by atoms with Crippen LogP contribution in [0.1, 0.15) is 16.8 Å². The lowest BCUT2D eigenvalue weighted by molar-refractivity contribution is -0.118. The van der Waals surface area contributed by atoms with E-state index < -0.39 is 0 Å². The summed E-state index contributed by atoms with van der Waals surface area (Å²) in [7, 11) is 0. The van der Waals surface area contributed by atoms with Gasteiger partial charge in [-0.2, -0.15) is 10.2 Å². The maximum Gasteiger partial charge on any atom is 0.250 e. The zero-order chi connectivity index (χ0) is 19.2. The number of thioether (sulfide) groups is 1. The number of para-hydroxylation sites is 1. The van der Waals surface area contributed by atoms with E-state index in [9.17, 15) is 4.79 Å². The van der Waals surface area contributed by atoms with Crippen LogP contribution in [0.15, 0.2) is 64.6 Å². The highest BCUT2D eigenvalue weighted by Crippen LogP contribution is 2.20. The quantitative estimate of drug-likeness (QED) is 0.380. The highest BCUT2D eigenvalue weighted by atomic mass is 35.5. The Labute approximate surface area is 167 Å². The predicted octanol–water partition coefficient (Wildman–Crippen LogP) is 4.38. The van der Waals surface area contributed by atoms with Crippen molar-refractivity contribution >= 4 is 35.5 Å². The summed E-state index contributed by atoms with van der Waals surface area (Å²) in [5, 5.41) is 8.69. The fraction of sp³-hybridized carbons (Fsp3) is 0.150. The SMILES string of the molecule is Cc1ccc(SCC(=O)N/N=C\c2c(Cl)nn(-c3ccccc3)c2C)cc1. The number of nitrogens with zero attached hydrogens (tertiary/aromatic N) is 3. The van der Waals surface area contributed by atoms with Gasteiger partial charge in [-0.15, -0.1) is 11.8 Å². The Kier molecular flexibility index (Phi) is 6.32. The number of aromatic nitrogens is 2. The van der Waals surface area contributed by atoms with Gasteiger partial charge >= 0.3 is 0 Å². The first kappa shape index (κ1) is 19.2. The van der Waals surface area contributed by atoms with Gasteiger partial charge in [0.05, 0.1) is 28.9 Å². The second-order valence-electron chi connectivity index (χ2n) is 5.93. The third-order valence-electron chi connectivity index (χ3n) is 3.89. The van der Waals surface area contributed by atoms with Crippen LogP contribution in [0, 0.1) is 13.8 Å². The molecule has 5 nitrogen and oxygen atoms in total. The number of hydrazone groups is 1. The molecule has 0 unspecified atom stereocenters. The highest BCUT2D eigenvalue weighted by molar-refractivity contribution is 8.00. The van der Waals surface area contributed by atoms with Crippen LogP contribution in [0.3, 0.4) is 0 Å². The van der Waals surface area contributed by atoms with E-state index in [0.717, 1.165) is 16.3 Å². The van der Waals surface area contributed by atoms with Gasteiger partial charge in [0.25, 0.3) is 0 Å². The number of amides is 1. The molecule has 1 amide bonds. The Balaban J connectivity index is 1.60. The van der Waals surface area contributed by atoms with E-state index in [-0.39, 0.29) is 11.7 Å². The number of hydrogen-bond acceptors (Lipinski definition) is 4. The van der Waals surface area contributed by atoms with Crippen LogP contribution >= 0.6 is 23.4 Å². The van der Waals surface area contributed by atoms with Crippen molar-refractivity contribution in [3.8, 4) is 5.69 Å². The van der Waals surface area contributed by atoms with Crippen molar-refractivity contribution in [1.29, 1.82) is 0 Å². The molecule has 27 heavy (non-hydrogen) atoms. The normalized spacial score (nSPS) is 11.1. The number of nitrogens with one attached hydrogen (secondary N) is 1. The Bertz CT molecular complexity index is 952. The first-order valence-corrected chi connectivity index (χ1v) is 9.73. The number of carbonyl (C=O) groups is 1. The average Bonchev–Trinajstić information content (AvgIpc) is 2.96. The van der Waals surface area contributed by atoms with Crippen molar-refractivity contribution in [2.75, 3.05) is 5.75 Å². The molecule has 3 rings (SSSR count). The van der Waals surface area contributed by atoms with E-state index >= 15 is 0 Å². The van der Waals surface area contributed by atoms with Crippen molar-refractivity contribution in [3.05, 3.63) is 76.6 Å². The molecule has 0 aliphatic rings. The molecule has 1 aromatic heterocycles. The molecule has 1 N–H and O–H groups in total. The largest absolute Gasteiger partial charge is 0.272 e. The Morgan fingerprint density at radius 2 is 1.89 bits per heavy atom. The molecule has 0 fully saturated rings. The van der Waals surface area contributed by atoms with Crippen LogP contribution < -0.4 is 5.43 Å². The molecule has 3 aromatic rings. The third kappa shape index (κ3) is 4.99. The number of aryl methyl sites for hydroxylation is 1. The van der Waals surface area contributed by atoms with Gasteiger partial charge in [-0.05, 0) is 38.1 Å². The monoisotopic (exact) mass is 398 g/mol. The van der Waals surface area contributed by atoms with Gasteiger partial charge in [0, 0.05) is 4.90 Å². The summed E-state index contributed by atoms with van der Waals surface area (Å²) in [6.45, 7) is 3.94. The first-order valence-electron chi connectivity index (χ1n) is 8.36. The molecular weight excluding hydrogens is 380 g/mol. The standard InChI is InChI=1S/C20H19ClN4OS/c1-14-8-10-17(11-9-14)27-13-19(26)23-22-12-18-15(2)25(24-20(18)21)16-6-4-3-5-7-16/h3-12H,13H2,1-2H3,(H,23,26)/b22-12-. The summed E-state index contributed by atoms with van der Waals surface area (Å²) < 4.78 is 1.75. The summed E-state index contributed by atoms with van der Waals surface area (Å²) in [6.07, 6.45) is 1.53. The molecule has 0 aliphatic carbocycles. The predicted molar refractivity (Wildman–Crippen MR) is 111 cm³/mol. The van der Waals surface area contributed by atoms with Crippen molar-refractivity contribution < 1.29 is 4.79 Å². The van der Waals surface area contributed by atoms with Crippen LogP contribution in [0.4, 0.5) is 0 Å². The fourth-order valence-corrected chi connectivity index (χ4v) is 3.38. The van der Waals surface area contributed by atoms with Crippen LogP contribution in [0.5, 0.6) is 0 Å². The van der Waals surface area contributed by atoms with E-state index in [2.05, 4.69) is 15.6 Å². The molecule has 0 atom stereocenters. The van der Waals surface area contributed by atoms with Gasteiger partial charge in [-0.1, -0.05) is 47.5 Å². The molecule has 7 heteroatoms. The van der Waals surface area contributed by atoms with Crippen LogP contribution in [-0.2, 0) is 4.79 Å². The van der Waals surface area contributed by atoms with Gasteiger partial charge < -0.3 is 0 Å². The van der Waals surface area contributed by atoms with Crippen LogP contribution in [-0.4, -0.2) is 27.7 Å². The first-order chi connectivity index (χ1) is 13.0. The molecular formula is C20H19ClN4OS. The molecule has 0 aliphatic heterocycles. The topological polar surface area (TPSA) is 59.3 Å². The number of carbonyl (C=O) groups excluding carboxylic acids is 1. The molecule has 0 saturated carbocycles. The number of hydrogen-bond donors (Lipinski definition) is 1. The van der Waals surface area contributed by atoms with Crippen LogP contribution in [0.2, 0.25) is 5.15 Å². The van der Waals surface area contributed by atoms with E-state index in [1.54, 1.807) is 4.68 Å². The lowest BCUT2D eigenvalue weighted by Crippen LogP contribution is -2.19. The zero-order valence-electron chi connectivity index (χ0n) is 15.0. The third-order valence-corrected chi connectivity index (χ3v) is 5.18. The lowest BCUT2D eigenvalue weighted by atomic mass is 10.2. The number of halogens is 1. The van der Waals surface area contributed by atoms with E-state index in [1.807, 2.05) is 68.4 Å². The van der Waals surface area contributed by atoms with Gasteiger partial charge in [0.1, 0.15) is 0 Å². The summed E-state index contributed by atoms with van der Waals surface area (Å²) in [5.41, 5.74) is 6.15. The molecule has 0 radical (unpaired) electrons. The smallest absolute Gasteiger partial charge is 0.250 e. The van der Waals surface area contributed by atoms with E-state index in [1.165, 1.54) is 23.5 Å². The minimum atomic E-state index is -0.180. The van der Waals surface area contributed by atoms with Gasteiger partial charge in [-0.3, -0.25) is 4.79 Å². The minimum Gasteiger partial charge on any atom is -0.272 e. The molecule has 2 aromatic carbocycles. The average molecular weight is 399 g/mol. The molecule has 0 spiro atoms. The zero-order valence-corrected chi connectivity index (χ0v) is 16.6. The van der Waals surface area contributed by atoms with Crippen molar-refractivity contribution in [3.63, 3.8) is 0 Å². The summed E-state index contributed by atoms with van der Waals surface area (Å²) in [4.78, 5) is 13.0. The second-order valence-corrected chi connectivity index (χ2v) is 7.34. The summed E-state index contributed by atoms with van der Waals surface area (Å²) in [5.74, 6) is 0.109. The Morgan fingerprint density at radius 3 is 2.59 bits per heavy atom. The highest BCUT2D eigenvalue weighted by Gasteiger charge is 2.12. The second kappa shape index (κ2) is 8.88. The maximum absolute atomic E-state index is 12.0. The van der Waals surface area contributed by atoms with Crippen molar-refractivity contribution in [2.24, 2.45) is 5.10 Å². The number of rotatable bonds is 6. The van der Waals surface area contributed by atoms with Gasteiger partial charge in [0.15, 0.2) is 5.15 Å². The Morgan fingerprint density at radius 1 is 1.19 bits per heavy atom. The fourth-order valence-electron chi connectivity index (χ4n) is 2.43. The molecule has 138 valence electrons. The van der Waals surface area contributed by atoms with Crippen molar-refractivity contribution in [2.45, 2.75) is 18.7 Å². The van der Waals surface area contributed by atoms with Gasteiger partial charge in [-0.25, -0.2) is 10.1 Å². The molecule has 0 bridgehead atoms. The summed E-state index contributed by atoms with van der Waals surface area (Å²) >= 11 is 7.69. The maximum atomic E-state index is 12.0. The summed E-state index contributed by atoms with van der Waals surface area (Å²) in [6, 6.07) is 17.7. The van der Waals surface area contributed by atoms with Crippen LogP contribution in [0.25, 0.3) is 5.69 Å². The molecule has 1 heterocycles. The van der Waals surface area contributed by atoms with E-state index in [0.29, 0.717) is 10.7 Å². The Hall–Kier alpha value is -2.57. The van der Waals surface area contributed by atoms with Gasteiger partial charge in [0.2, 0.25) is 5.91 Å². The van der Waals surface area contributed by atoms with Crippen molar-refractivity contribution in [1.82, 2.24) is 15.2 Å². The molecule has 0 saturated heterocycles. The van der Waals surface area contributed by atoms with E-state index in [4.69, 9.17) is 11.6 Å². The number of benzene rings is 2. The lowest BCUT2D eigenvalue weighted by Gasteiger charge is -2.03. The minimum absolute atomic E-state index is 0.180.